The summed E-state index contributed by atoms with van der Waals surface area (Å²) in [5, 5.41) is 19.2. The minimum Gasteiger partial charge on any atom is -0.450 e. The summed E-state index contributed by atoms with van der Waals surface area (Å²) in [6.45, 7) is 0. The summed E-state index contributed by atoms with van der Waals surface area (Å²) in [5.41, 5.74) is 0.200. The zero-order chi connectivity index (χ0) is 15.2. The van der Waals surface area contributed by atoms with Crippen LogP contribution < -0.4 is 4.74 Å². The van der Waals surface area contributed by atoms with Crippen LogP contribution in [-0.4, -0.2) is 33.5 Å². The second kappa shape index (κ2) is 8.14. The molecule has 0 aromatic heterocycles. The maximum Gasteiger partial charge on any atom is 0.346 e. The van der Waals surface area contributed by atoms with E-state index in [2.05, 4.69) is 4.89 Å². The first-order valence-electron chi connectivity index (χ1n) is 5.94. The first-order chi connectivity index (χ1) is 10.1. The van der Waals surface area contributed by atoms with Crippen molar-refractivity contribution in [3.8, 4) is 11.5 Å². The Morgan fingerprint density at radius 2 is 1.86 bits per heavy atom. The van der Waals surface area contributed by atoms with Crippen molar-refractivity contribution in [1.29, 1.82) is 0 Å². The molecule has 0 aliphatic heterocycles. The molecule has 0 spiro atoms. The van der Waals surface area contributed by atoms with Crippen molar-refractivity contribution in [3.05, 3.63) is 64.2 Å². The Hall–Kier alpha value is -2.40. The fourth-order valence-corrected chi connectivity index (χ4v) is 1.72. The van der Waals surface area contributed by atoms with E-state index in [0.29, 0.717) is 11.3 Å². The third kappa shape index (κ3) is 4.56. The minimum absolute atomic E-state index is 0. The molecule has 0 unspecified atom stereocenters. The molecule has 111 valence electrons. The highest BCUT2D eigenvalue weighted by molar-refractivity contribution is 5.75. The number of para-hydroxylation sites is 1. The number of carbonyl (C=O) groups excluding carboxylic acids is 1. The monoisotopic (exact) mass is 316 g/mol. The predicted molar refractivity (Wildman–Crippen MR) is 77.8 cm³/mol. The molecule has 0 amide bonds. The van der Waals surface area contributed by atoms with E-state index < -0.39 is 10.9 Å². The summed E-state index contributed by atoms with van der Waals surface area (Å²) in [4.78, 5) is 25.0. The van der Waals surface area contributed by atoms with E-state index in [9.17, 15) is 14.9 Å². The number of carbonyl (C=O) groups is 1. The van der Waals surface area contributed by atoms with Gasteiger partial charge in [-0.3, -0.25) is 10.1 Å². The Kier molecular flexibility index (Phi) is 6.54. The van der Waals surface area contributed by atoms with E-state index in [0.717, 1.165) is 0 Å². The van der Waals surface area contributed by atoms with Gasteiger partial charge < -0.3 is 9.62 Å². The van der Waals surface area contributed by atoms with Crippen LogP contribution in [0, 0.1) is 10.1 Å². The van der Waals surface area contributed by atoms with Crippen molar-refractivity contribution in [2.75, 3.05) is 0 Å². The van der Waals surface area contributed by atoms with Gasteiger partial charge in [0.25, 0.3) is 0 Å². The summed E-state index contributed by atoms with van der Waals surface area (Å²) in [7, 11) is 0. The fourth-order valence-electron chi connectivity index (χ4n) is 1.72. The average Bonchev–Trinajstić information content (AvgIpc) is 2.48. The van der Waals surface area contributed by atoms with Gasteiger partial charge in [0.1, 0.15) is 5.75 Å². The van der Waals surface area contributed by atoms with Gasteiger partial charge in [0.05, 0.1) is 11.3 Å². The lowest BCUT2D eigenvalue weighted by molar-refractivity contribution is -0.385. The maximum atomic E-state index is 11.0. The maximum absolute atomic E-state index is 11.0. The molecular weight excluding hydrogens is 305 g/mol. The number of nitrogens with zero attached hydrogens (tertiary/aromatic N) is 1. The summed E-state index contributed by atoms with van der Waals surface area (Å²) < 4.78 is 5.47. The largest absolute Gasteiger partial charge is 0.450 e. The van der Waals surface area contributed by atoms with Gasteiger partial charge in [-0.05, 0) is 23.8 Å². The summed E-state index contributed by atoms with van der Waals surface area (Å²) in [6, 6.07) is 12.5. The number of rotatable bonds is 5. The SMILES string of the molecule is O=C(Cc1ccc([N+](=O)[O-])c(Oc2ccccc2)c1)OO.[Al]. The van der Waals surface area contributed by atoms with Gasteiger partial charge in [0, 0.05) is 23.4 Å². The molecule has 2 aromatic rings. The Balaban J connectivity index is 0.00000242. The standard InChI is InChI=1S/C14H11NO6.Al/c16-14(21-19)9-10-6-7-12(15(17)18)13(8-10)20-11-4-2-1-3-5-11;/h1-8,19H,9H2;. The highest BCUT2D eigenvalue weighted by Crippen LogP contribution is 2.32. The van der Waals surface area contributed by atoms with Crippen molar-refractivity contribution in [1.82, 2.24) is 0 Å². The molecule has 1 N–H and O–H groups in total. The van der Waals surface area contributed by atoms with Crippen LogP contribution in [-0.2, 0) is 16.1 Å². The van der Waals surface area contributed by atoms with Crippen molar-refractivity contribution < 1.29 is 24.6 Å². The van der Waals surface area contributed by atoms with Gasteiger partial charge >= 0.3 is 11.7 Å². The van der Waals surface area contributed by atoms with Crippen LogP contribution in [0.4, 0.5) is 5.69 Å². The first-order valence-corrected chi connectivity index (χ1v) is 5.94. The number of ether oxygens (including phenoxy) is 1. The predicted octanol–water partition coefficient (Wildman–Crippen LogP) is 2.56. The van der Waals surface area contributed by atoms with E-state index in [1.165, 1.54) is 18.2 Å². The lowest BCUT2D eigenvalue weighted by Gasteiger charge is -2.07. The molecule has 0 heterocycles. The summed E-state index contributed by atoms with van der Waals surface area (Å²) in [5.74, 6) is -0.425. The van der Waals surface area contributed by atoms with E-state index in [1.807, 2.05) is 0 Å². The lowest BCUT2D eigenvalue weighted by atomic mass is 10.1. The second-order valence-corrected chi connectivity index (χ2v) is 4.11. The van der Waals surface area contributed by atoms with Gasteiger partial charge in [-0.2, -0.15) is 5.26 Å². The van der Waals surface area contributed by atoms with E-state index >= 15 is 0 Å². The van der Waals surface area contributed by atoms with Gasteiger partial charge in [0.2, 0.25) is 5.75 Å². The van der Waals surface area contributed by atoms with Crippen LogP contribution in [0.5, 0.6) is 11.5 Å². The summed E-state index contributed by atoms with van der Waals surface area (Å²) >= 11 is 0. The van der Waals surface area contributed by atoms with Crippen LogP contribution in [0.2, 0.25) is 0 Å². The lowest BCUT2D eigenvalue weighted by Crippen LogP contribution is -2.05. The molecule has 0 aliphatic carbocycles. The van der Waals surface area contributed by atoms with Gasteiger partial charge in [-0.25, -0.2) is 4.79 Å². The molecule has 22 heavy (non-hydrogen) atoms. The van der Waals surface area contributed by atoms with Crippen molar-refractivity contribution in [3.63, 3.8) is 0 Å². The second-order valence-electron chi connectivity index (χ2n) is 4.11. The molecule has 0 aliphatic rings. The van der Waals surface area contributed by atoms with Crippen molar-refractivity contribution in [2.24, 2.45) is 0 Å². The zero-order valence-corrected chi connectivity index (χ0v) is 12.5. The molecule has 7 nitrogen and oxygen atoms in total. The van der Waals surface area contributed by atoms with Crippen LogP contribution in [0.3, 0.4) is 0 Å². The quantitative estimate of drug-likeness (QED) is 0.394. The van der Waals surface area contributed by atoms with Crippen molar-refractivity contribution in [2.45, 2.75) is 6.42 Å². The molecule has 0 saturated heterocycles. The van der Waals surface area contributed by atoms with Crippen LogP contribution in [0.25, 0.3) is 0 Å². The van der Waals surface area contributed by atoms with Crippen LogP contribution in [0.15, 0.2) is 48.5 Å². The van der Waals surface area contributed by atoms with Crippen LogP contribution in [0.1, 0.15) is 5.56 Å². The molecule has 0 bridgehead atoms. The normalized spacial score (nSPS) is 9.50. The number of nitro benzene ring substituents is 1. The third-order valence-electron chi connectivity index (χ3n) is 2.64. The molecule has 8 heteroatoms. The number of hydrogen-bond donors (Lipinski definition) is 1. The Labute approximate surface area is 136 Å². The summed E-state index contributed by atoms with van der Waals surface area (Å²) in [6.07, 6.45) is -0.223. The van der Waals surface area contributed by atoms with Gasteiger partial charge in [-0.15, -0.1) is 0 Å². The van der Waals surface area contributed by atoms with E-state index in [4.69, 9.17) is 9.99 Å². The Morgan fingerprint density at radius 3 is 2.45 bits per heavy atom. The molecule has 2 aromatic carbocycles. The van der Waals surface area contributed by atoms with Gasteiger partial charge in [0.15, 0.2) is 0 Å². The van der Waals surface area contributed by atoms with Crippen LogP contribution >= 0.6 is 0 Å². The van der Waals surface area contributed by atoms with E-state index in [1.54, 1.807) is 30.3 Å². The number of benzene rings is 2. The van der Waals surface area contributed by atoms with Crippen molar-refractivity contribution >= 4 is 29.0 Å². The molecule has 0 saturated carbocycles. The average molecular weight is 316 g/mol. The minimum atomic E-state index is -0.866. The molecule has 0 atom stereocenters. The highest BCUT2D eigenvalue weighted by atomic mass is 27.0. The highest BCUT2D eigenvalue weighted by Gasteiger charge is 2.17. The first kappa shape index (κ1) is 17.7. The fraction of sp³-hybridized carbons (Fsp3) is 0.0714. The Bertz CT molecular complexity index is 662. The topological polar surface area (TPSA) is 98.9 Å². The number of nitro groups is 1. The number of hydrogen-bond acceptors (Lipinski definition) is 6. The molecule has 2 rings (SSSR count). The Morgan fingerprint density at radius 1 is 1.18 bits per heavy atom. The smallest absolute Gasteiger partial charge is 0.346 e. The van der Waals surface area contributed by atoms with E-state index in [-0.39, 0.29) is 35.2 Å². The molecule has 3 radical (unpaired) electrons. The molecular formula is C14H11AlNO6. The zero-order valence-electron chi connectivity index (χ0n) is 11.3. The molecule has 0 fully saturated rings. The third-order valence-corrected chi connectivity index (χ3v) is 2.64. The van der Waals surface area contributed by atoms with Gasteiger partial charge in [-0.1, -0.05) is 24.3 Å².